The molecule has 2 aliphatic carbocycles. The van der Waals surface area contributed by atoms with Gasteiger partial charge in [-0.15, -0.1) is 0 Å². The normalized spacial score (nSPS) is 22.6. The molecule has 4 heteroatoms. The quantitative estimate of drug-likeness (QED) is 0.346. The molecule has 0 bridgehead atoms. The molecule has 0 amide bonds. The Morgan fingerprint density at radius 1 is 1.20 bits per heavy atom. The minimum Gasteiger partial charge on any atom is -0.507 e. The molecule has 0 spiro atoms. The number of aromatic hydroxyl groups is 2. The first-order chi connectivity index (χ1) is 14.4. The van der Waals surface area contributed by atoms with E-state index in [9.17, 15) is 15.3 Å². The molecule has 2 aliphatic rings. The van der Waals surface area contributed by atoms with Gasteiger partial charge in [0.2, 0.25) is 0 Å². The lowest BCUT2D eigenvalue weighted by Gasteiger charge is -2.43. The Labute approximate surface area is 180 Å². The van der Waals surface area contributed by atoms with Crippen LogP contribution in [0.5, 0.6) is 11.5 Å². The largest absolute Gasteiger partial charge is 0.507 e. The second kappa shape index (κ2) is 9.71. The zero-order valence-corrected chi connectivity index (χ0v) is 18.2. The van der Waals surface area contributed by atoms with Crippen LogP contribution in [0, 0.1) is 17.2 Å². The Balaban J connectivity index is 1.87. The number of aliphatic hydroxyl groups excluding tert-OH is 1. The Morgan fingerprint density at radius 3 is 2.43 bits per heavy atom. The van der Waals surface area contributed by atoms with Gasteiger partial charge in [0, 0.05) is 17.9 Å². The van der Waals surface area contributed by atoms with E-state index < -0.39 is 0 Å². The maximum absolute atomic E-state index is 11.0. The minimum absolute atomic E-state index is 0.00787. The molecule has 0 radical (unpaired) electrons. The number of unbranched alkanes of at least 4 members (excludes halogenated alkanes) is 3. The molecule has 0 saturated heterocycles. The Bertz CT molecular complexity index is 821. The molecule has 3 N–H and O–H groups in total. The number of benzene rings is 1. The van der Waals surface area contributed by atoms with Crippen molar-refractivity contribution in [2.75, 3.05) is 6.61 Å². The lowest BCUT2D eigenvalue weighted by molar-refractivity contribution is 0.217. The van der Waals surface area contributed by atoms with Gasteiger partial charge in [0.1, 0.15) is 11.5 Å². The van der Waals surface area contributed by atoms with E-state index in [0.717, 1.165) is 68.1 Å². The molecule has 2 atom stereocenters. The highest BCUT2D eigenvalue weighted by Gasteiger charge is 2.39. The highest BCUT2D eigenvalue weighted by molar-refractivity contribution is 5.53. The highest BCUT2D eigenvalue weighted by atomic mass is 16.3. The summed E-state index contributed by atoms with van der Waals surface area (Å²) in [5, 5.41) is 40.3. The van der Waals surface area contributed by atoms with Crippen LogP contribution in [0.25, 0.3) is 0 Å². The summed E-state index contributed by atoms with van der Waals surface area (Å²) in [5.41, 5.74) is 3.60. The molecular formula is C26H35NO3. The van der Waals surface area contributed by atoms with Crippen LogP contribution < -0.4 is 0 Å². The smallest absolute Gasteiger partial charge is 0.123 e. The van der Waals surface area contributed by atoms with E-state index in [-0.39, 0.29) is 35.4 Å². The van der Waals surface area contributed by atoms with Gasteiger partial charge in [-0.25, -0.2) is 0 Å². The molecule has 0 aliphatic heterocycles. The number of rotatable bonds is 9. The molecule has 1 aromatic rings. The van der Waals surface area contributed by atoms with Crippen LogP contribution in [0.4, 0.5) is 0 Å². The number of hydrogen-bond donors (Lipinski definition) is 3. The van der Waals surface area contributed by atoms with Crippen molar-refractivity contribution in [2.24, 2.45) is 5.92 Å². The molecular weight excluding hydrogens is 374 g/mol. The molecule has 0 heterocycles. The number of allylic oxidation sites excluding steroid dienone is 2. The van der Waals surface area contributed by atoms with Gasteiger partial charge in [0.15, 0.2) is 0 Å². The second-order valence-electron chi connectivity index (χ2n) is 9.28. The van der Waals surface area contributed by atoms with Crippen LogP contribution in [0.15, 0.2) is 35.9 Å². The monoisotopic (exact) mass is 409 g/mol. The van der Waals surface area contributed by atoms with Crippen molar-refractivity contribution >= 4 is 0 Å². The lowest BCUT2D eigenvalue weighted by atomic mass is 9.61. The predicted molar refractivity (Wildman–Crippen MR) is 119 cm³/mol. The second-order valence-corrected chi connectivity index (χ2v) is 9.28. The SMILES string of the molecule is C=C(C)C1CCC(CO)=CC1c1c(O)cc(C2(CCCCCC#N)CCC2)cc1O. The third-order valence-electron chi connectivity index (χ3n) is 7.30. The molecule has 162 valence electrons. The molecule has 0 aromatic heterocycles. The molecule has 4 nitrogen and oxygen atoms in total. The summed E-state index contributed by atoms with van der Waals surface area (Å²) >= 11 is 0. The molecule has 1 aromatic carbocycles. The zero-order chi connectivity index (χ0) is 21.7. The van der Waals surface area contributed by atoms with Crippen molar-refractivity contribution in [2.45, 2.75) is 82.5 Å². The predicted octanol–water partition coefficient (Wildman–Crippen LogP) is 5.98. The van der Waals surface area contributed by atoms with Crippen LogP contribution in [-0.2, 0) is 5.41 Å². The lowest BCUT2D eigenvalue weighted by Crippen LogP contribution is -2.34. The summed E-state index contributed by atoms with van der Waals surface area (Å²) in [7, 11) is 0. The molecule has 30 heavy (non-hydrogen) atoms. The standard InChI is InChI=1S/C26H35NO3/c1-18(2)21-9-8-19(17-28)14-22(21)25-23(29)15-20(16-24(25)30)26(11-7-12-26)10-5-3-4-6-13-27/h14-16,21-22,28-30H,1,3-12,17H2,2H3. The fraction of sp³-hybridized carbons (Fsp3) is 0.577. The average Bonchev–Trinajstić information content (AvgIpc) is 2.68. The Hall–Kier alpha value is -2.25. The van der Waals surface area contributed by atoms with Gasteiger partial charge in [-0.2, -0.15) is 5.26 Å². The number of hydrogen-bond acceptors (Lipinski definition) is 4. The summed E-state index contributed by atoms with van der Waals surface area (Å²) in [6.45, 7) is 6.13. The van der Waals surface area contributed by atoms with Crippen LogP contribution in [0.2, 0.25) is 0 Å². The molecule has 2 unspecified atom stereocenters. The summed E-state index contributed by atoms with van der Waals surface area (Å²) in [6, 6.07) is 5.93. The number of nitriles is 1. The van der Waals surface area contributed by atoms with Crippen molar-refractivity contribution in [3.05, 3.63) is 47.1 Å². The number of nitrogens with zero attached hydrogens (tertiary/aromatic N) is 1. The highest BCUT2D eigenvalue weighted by Crippen LogP contribution is 2.52. The van der Waals surface area contributed by atoms with E-state index in [4.69, 9.17) is 5.26 Å². The number of aliphatic hydroxyl groups is 1. The average molecular weight is 410 g/mol. The van der Waals surface area contributed by atoms with Crippen molar-refractivity contribution in [1.82, 2.24) is 0 Å². The third-order valence-corrected chi connectivity index (χ3v) is 7.30. The number of phenolic OH excluding ortho intramolecular Hbond substituents is 2. The summed E-state index contributed by atoms with van der Waals surface area (Å²) in [6.07, 6.45) is 11.7. The summed E-state index contributed by atoms with van der Waals surface area (Å²) in [5.74, 6) is 0.261. The van der Waals surface area contributed by atoms with Gasteiger partial charge in [0.25, 0.3) is 0 Å². The topological polar surface area (TPSA) is 84.5 Å². The van der Waals surface area contributed by atoms with E-state index >= 15 is 0 Å². The maximum Gasteiger partial charge on any atom is 0.123 e. The third kappa shape index (κ3) is 4.57. The van der Waals surface area contributed by atoms with Crippen LogP contribution in [-0.4, -0.2) is 21.9 Å². The van der Waals surface area contributed by atoms with E-state index in [2.05, 4.69) is 12.6 Å². The first-order valence-corrected chi connectivity index (χ1v) is 11.3. The minimum atomic E-state index is -0.171. The van der Waals surface area contributed by atoms with Crippen LogP contribution in [0.1, 0.15) is 88.2 Å². The summed E-state index contributed by atoms with van der Waals surface area (Å²) in [4.78, 5) is 0. The van der Waals surface area contributed by atoms with Crippen LogP contribution in [0.3, 0.4) is 0 Å². The molecule has 3 rings (SSSR count). The fourth-order valence-corrected chi connectivity index (χ4v) is 5.34. The van der Waals surface area contributed by atoms with Crippen molar-refractivity contribution < 1.29 is 15.3 Å². The van der Waals surface area contributed by atoms with Crippen molar-refractivity contribution in [3.63, 3.8) is 0 Å². The van der Waals surface area contributed by atoms with Crippen LogP contribution >= 0.6 is 0 Å². The van der Waals surface area contributed by atoms with E-state index in [1.54, 1.807) is 0 Å². The van der Waals surface area contributed by atoms with E-state index in [0.29, 0.717) is 12.0 Å². The first-order valence-electron chi connectivity index (χ1n) is 11.3. The molecule has 1 saturated carbocycles. The van der Waals surface area contributed by atoms with Gasteiger partial charge in [-0.3, -0.25) is 0 Å². The first kappa shape index (κ1) is 22.4. The van der Waals surface area contributed by atoms with Gasteiger partial charge in [-0.05, 0) is 80.1 Å². The van der Waals surface area contributed by atoms with E-state index in [1.165, 1.54) is 6.42 Å². The maximum atomic E-state index is 11.0. The van der Waals surface area contributed by atoms with Gasteiger partial charge in [-0.1, -0.05) is 37.5 Å². The van der Waals surface area contributed by atoms with Gasteiger partial charge >= 0.3 is 0 Å². The Morgan fingerprint density at radius 2 is 1.90 bits per heavy atom. The zero-order valence-electron chi connectivity index (χ0n) is 18.2. The van der Waals surface area contributed by atoms with Gasteiger partial charge < -0.3 is 15.3 Å². The van der Waals surface area contributed by atoms with E-state index in [1.807, 2.05) is 25.1 Å². The van der Waals surface area contributed by atoms with Crippen molar-refractivity contribution in [3.8, 4) is 17.6 Å². The number of phenols is 2. The van der Waals surface area contributed by atoms with Crippen molar-refractivity contribution in [1.29, 1.82) is 5.26 Å². The van der Waals surface area contributed by atoms with Gasteiger partial charge in [0.05, 0.1) is 12.7 Å². The Kier molecular flexibility index (Phi) is 7.26. The summed E-state index contributed by atoms with van der Waals surface area (Å²) < 4.78 is 0. The molecule has 1 fully saturated rings. The fourth-order valence-electron chi connectivity index (χ4n) is 5.34.